The van der Waals surface area contributed by atoms with Gasteiger partial charge in [-0.1, -0.05) is 0 Å². The van der Waals surface area contributed by atoms with E-state index in [4.69, 9.17) is 15.2 Å². The zero-order chi connectivity index (χ0) is 18.5. The second-order valence-electron chi connectivity index (χ2n) is 7.41. The number of piperidine rings is 1. The molecular weight excluding hydrogens is 338 g/mol. The fraction of sp³-hybridized carbons (Fsp3) is 0.700. The summed E-state index contributed by atoms with van der Waals surface area (Å²) in [5.41, 5.74) is 6.79. The van der Waals surface area contributed by atoms with Crippen molar-refractivity contribution in [3.05, 3.63) is 29.3 Å². The fourth-order valence-electron chi connectivity index (χ4n) is 4.12. The molecule has 1 aromatic rings. The maximum Gasteiger partial charge on any atom is 0.168 e. The lowest BCUT2D eigenvalue weighted by Crippen LogP contribution is -2.52. The average molecular weight is 368 g/mol. The molecule has 1 aromatic carbocycles. The number of hydrogen-bond acceptors (Lipinski definition) is 4. The van der Waals surface area contributed by atoms with Crippen LogP contribution in [0.3, 0.4) is 0 Å². The van der Waals surface area contributed by atoms with Crippen molar-refractivity contribution in [1.29, 1.82) is 0 Å². The predicted molar refractivity (Wildman–Crippen MR) is 97.5 cm³/mol. The third kappa shape index (κ3) is 4.72. The van der Waals surface area contributed by atoms with Crippen LogP contribution in [0.1, 0.15) is 56.9 Å². The molecule has 1 saturated heterocycles. The van der Waals surface area contributed by atoms with Gasteiger partial charge in [0.25, 0.3) is 0 Å². The van der Waals surface area contributed by atoms with Crippen molar-refractivity contribution < 1.29 is 18.3 Å². The summed E-state index contributed by atoms with van der Waals surface area (Å²) in [6, 6.07) is 2.70. The van der Waals surface area contributed by atoms with Gasteiger partial charge in [-0.25, -0.2) is 8.78 Å². The third-order valence-electron chi connectivity index (χ3n) is 5.59. The van der Waals surface area contributed by atoms with E-state index < -0.39 is 11.6 Å². The van der Waals surface area contributed by atoms with Gasteiger partial charge in [-0.3, -0.25) is 0 Å². The Bertz CT molecular complexity index is 591. The summed E-state index contributed by atoms with van der Waals surface area (Å²) in [6.07, 6.45) is 5.81. The Labute approximate surface area is 154 Å². The normalized spacial score (nSPS) is 29.5. The van der Waals surface area contributed by atoms with E-state index in [9.17, 15) is 8.78 Å². The standard InChI is InChI=1S/C20H30F2N2O2/c1-2-25-20-16(10-14(21)11-17(20)22)13-5-7-15(8-6-13)26-12-19-18(23)4-3-9-24-19/h10-11,13,15,18-19,24H,2-9,12,23H2,1H3/t13-,15+,18-,19-/m0/s1. The number of halogens is 2. The first-order valence-corrected chi connectivity index (χ1v) is 9.80. The summed E-state index contributed by atoms with van der Waals surface area (Å²) >= 11 is 0. The first-order valence-electron chi connectivity index (χ1n) is 9.80. The fourth-order valence-corrected chi connectivity index (χ4v) is 4.12. The molecule has 4 nitrogen and oxygen atoms in total. The molecule has 26 heavy (non-hydrogen) atoms. The van der Waals surface area contributed by atoms with Crippen molar-refractivity contribution in [2.45, 2.75) is 69.6 Å². The number of hydrogen-bond donors (Lipinski definition) is 2. The first kappa shape index (κ1) is 19.5. The monoisotopic (exact) mass is 368 g/mol. The van der Waals surface area contributed by atoms with Crippen LogP contribution in [-0.4, -0.2) is 37.9 Å². The van der Waals surface area contributed by atoms with Crippen LogP contribution in [0.4, 0.5) is 8.78 Å². The van der Waals surface area contributed by atoms with Gasteiger partial charge in [-0.05, 0) is 64.0 Å². The smallest absolute Gasteiger partial charge is 0.168 e. The molecule has 0 radical (unpaired) electrons. The Morgan fingerprint density at radius 2 is 1.92 bits per heavy atom. The lowest BCUT2D eigenvalue weighted by molar-refractivity contribution is 0.00603. The first-order chi connectivity index (χ1) is 12.6. The number of benzene rings is 1. The largest absolute Gasteiger partial charge is 0.491 e. The Morgan fingerprint density at radius 1 is 1.15 bits per heavy atom. The molecule has 2 aliphatic rings. The minimum Gasteiger partial charge on any atom is -0.491 e. The second-order valence-corrected chi connectivity index (χ2v) is 7.41. The Balaban J connectivity index is 1.55. The van der Waals surface area contributed by atoms with Gasteiger partial charge in [-0.15, -0.1) is 0 Å². The summed E-state index contributed by atoms with van der Waals surface area (Å²) in [4.78, 5) is 0. The molecule has 3 N–H and O–H groups in total. The summed E-state index contributed by atoms with van der Waals surface area (Å²) in [6.45, 7) is 3.80. The van der Waals surface area contributed by atoms with E-state index in [2.05, 4.69) is 5.32 Å². The van der Waals surface area contributed by atoms with Crippen LogP contribution in [0, 0.1) is 11.6 Å². The highest BCUT2D eigenvalue weighted by Crippen LogP contribution is 2.40. The Morgan fingerprint density at radius 3 is 2.62 bits per heavy atom. The van der Waals surface area contributed by atoms with Crippen molar-refractivity contribution in [2.75, 3.05) is 19.8 Å². The maximum atomic E-state index is 14.1. The Hall–Kier alpha value is -1.24. The van der Waals surface area contributed by atoms with Crippen molar-refractivity contribution in [3.63, 3.8) is 0 Å². The molecule has 0 spiro atoms. The summed E-state index contributed by atoms with van der Waals surface area (Å²) in [5, 5.41) is 3.43. The molecule has 1 saturated carbocycles. The highest BCUT2D eigenvalue weighted by Gasteiger charge is 2.28. The molecule has 6 heteroatoms. The van der Waals surface area contributed by atoms with Gasteiger partial charge >= 0.3 is 0 Å². The number of nitrogens with two attached hydrogens (primary N) is 1. The highest BCUT2D eigenvalue weighted by atomic mass is 19.1. The maximum absolute atomic E-state index is 14.1. The molecule has 3 rings (SSSR count). The highest BCUT2D eigenvalue weighted by molar-refractivity contribution is 5.38. The third-order valence-corrected chi connectivity index (χ3v) is 5.59. The molecule has 1 heterocycles. The molecule has 1 aliphatic heterocycles. The molecule has 0 unspecified atom stereocenters. The minimum absolute atomic E-state index is 0.108. The van der Waals surface area contributed by atoms with E-state index in [0.717, 1.165) is 51.1 Å². The summed E-state index contributed by atoms with van der Waals surface area (Å²) < 4.78 is 39.3. The van der Waals surface area contributed by atoms with Gasteiger partial charge in [0.2, 0.25) is 0 Å². The topological polar surface area (TPSA) is 56.5 Å². The van der Waals surface area contributed by atoms with Crippen LogP contribution >= 0.6 is 0 Å². The molecule has 0 aromatic heterocycles. The molecule has 0 bridgehead atoms. The van der Waals surface area contributed by atoms with E-state index in [1.165, 1.54) is 6.07 Å². The number of nitrogens with one attached hydrogen (secondary N) is 1. The summed E-state index contributed by atoms with van der Waals surface area (Å²) in [7, 11) is 0. The quantitative estimate of drug-likeness (QED) is 0.807. The van der Waals surface area contributed by atoms with Crippen LogP contribution < -0.4 is 15.8 Å². The van der Waals surface area contributed by atoms with E-state index >= 15 is 0 Å². The van der Waals surface area contributed by atoms with Gasteiger partial charge in [0, 0.05) is 23.7 Å². The number of ether oxygens (including phenoxy) is 2. The average Bonchev–Trinajstić information content (AvgIpc) is 2.64. The van der Waals surface area contributed by atoms with Crippen LogP contribution in [-0.2, 0) is 4.74 Å². The van der Waals surface area contributed by atoms with Gasteiger partial charge in [-0.2, -0.15) is 0 Å². The lowest BCUT2D eigenvalue weighted by Gasteiger charge is -2.33. The van der Waals surface area contributed by atoms with Crippen molar-refractivity contribution >= 4 is 0 Å². The predicted octanol–water partition coefficient (Wildman–Crippen LogP) is 3.49. The van der Waals surface area contributed by atoms with E-state index in [1.807, 2.05) is 0 Å². The van der Waals surface area contributed by atoms with Crippen LogP contribution in [0.25, 0.3) is 0 Å². The zero-order valence-electron chi connectivity index (χ0n) is 15.5. The SMILES string of the molecule is CCOc1c(F)cc(F)cc1[C@H]1CC[C@@H](OC[C@@H]2NCCC[C@@H]2N)CC1. The zero-order valence-corrected chi connectivity index (χ0v) is 15.5. The molecule has 2 fully saturated rings. The van der Waals surface area contributed by atoms with Crippen LogP contribution in [0.5, 0.6) is 5.75 Å². The molecular formula is C20H30F2N2O2. The van der Waals surface area contributed by atoms with Gasteiger partial charge in [0.05, 0.1) is 19.3 Å². The molecule has 146 valence electrons. The van der Waals surface area contributed by atoms with Crippen LogP contribution in [0.15, 0.2) is 12.1 Å². The van der Waals surface area contributed by atoms with Gasteiger partial charge in [0.1, 0.15) is 5.82 Å². The van der Waals surface area contributed by atoms with E-state index in [0.29, 0.717) is 18.8 Å². The Kier molecular flexibility index (Phi) is 6.84. The second kappa shape index (κ2) is 9.11. The van der Waals surface area contributed by atoms with Crippen molar-refractivity contribution in [2.24, 2.45) is 5.73 Å². The molecule has 0 amide bonds. The van der Waals surface area contributed by atoms with E-state index in [-0.39, 0.29) is 29.9 Å². The van der Waals surface area contributed by atoms with Gasteiger partial charge in [0.15, 0.2) is 11.6 Å². The van der Waals surface area contributed by atoms with Crippen LogP contribution in [0.2, 0.25) is 0 Å². The molecule has 1 aliphatic carbocycles. The lowest BCUT2D eigenvalue weighted by atomic mass is 9.82. The number of rotatable bonds is 6. The van der Waals surface area contributed by atoms with Crippen molar-refractivity contribution in [1.82, 2.24) is 5.32 Å². The molecule has 2 atom stereocenters. The van der Waals surface area contributed by atoms with E-state index in [1.54, 1.807) is 6.92 Å². The van der Waals surface area contributed by atoms with Crippen molar-refractivity contribution in [3.8, 4) is 5.75 Å². The minimum atomic E-state index is -0.613. The summed E-state index contributed by atoms with van der Waals surface area (Å²) in [5.74, 6) is -0.846. The van der Waals surface area contributed by atoms with Gasteiger partial charge < -0.3 is 20.5 Å².